The second kappa shape index (κ2) is 3.31. The first kappa shape index (κ1) is 7.87. The largest absolute Gasteiger partial charge is 0.370 e. The Labute approximate surface area is 77.0 Å². The van der Waals surface area contributed by atoms with Gasteiger partial charge in [0, 0.05) is 12.7 Å². The van der Waals surface area contributed by atoms with Crippen LogP contribution in [0.5, 0.6) is 0 Å². The molecule has 1 aliphatic carbocycles. The van der Waals surface area contributed by atoms with Gasteiger partial charge in [0.1, 0.15) is 5.82 Å². The number of nitrogens with zero attached hydrogens (tertiary/aromatic N) is 1. The van der Waals surface area contributed by atoms with Gasteiger partial charge in [-0.1, -0.05) is 11.6 Å². The molecule has 12 heavy (non-hydrogen) atoms. The van der Waals surface area contributed by atoms with E-state index < -0.39 is 0 Å². The number of rotatable bonds is 3. The van der Waals surface area contributed by atoms with Crippen LogP contribution in [0.25, 0.3) is 0 Å². The van der Waals surface area contributed by atoms with Crippen molar-refractivity contribution in [3.8, 4) is 0 Å². The van der Waals surface area contributed by atoms with Gasteiger partial charge in [-0.25, -0.2) is 4.98 Å². The van der Waals surface area contributed by atoms with Crippen LogP contribution in [0.4, 0.5) is 5.82 Å². The van der Waals surface area contributed by atoms with Gasteiger partial charge in [0.15, 0.2) is 0 Å². The molecular weight excluding hydrogens is 172 g/mol. The number of hydrogen-bond acceptors (Lipinski definition) is 2. The molecule has 2 rings (SSSR count). The molecule has 1 aromatic rings. The molecule has 0 atom stereocenters. The molecule has 1 aromatic heterocycles. The summed E-state index contributed by atoms with van der Waals surface area (Å²) >= 11 is 5.70. The Kier molecular flexibility index (Phi) is 2.17. The lowest BCUT2D eigenvalue weighted by Gasteiger charge is -2.02. The first-order chi connectivity index (χ1) is 5.84. The van der Waals surface area contributed by atoms with E-state index in [2.05, 4.69) is 10.3 Å². The molecule has 0 radical (unpaired) electrons. The fourth-order valence-corrected chi connectivity index (χ4v) is 1.16. The number of nitrogens with one attached hydrogen (secondary N) is 1. The zero-order chi connectivity index (χ0) is 8.39. The van der Waals surface area contributed by atoms with Crippen LogP contribution in [-0.4, -0.2) is 11.5 Å². The smallest absolute Gasteiger partial charge is 0.125 e. The lowest BCUT2D eigenvalue weighted by molar-refractivity contribution is 0.883. The summed E-state index contributed by atoms with van der Waals surface area (Å²) in [4.78, 5) is 4.13. The zero-order valence-corrected chi connectivity index (χ0v) is 7.51. The number of halogens is 1. The summed E-state index contributed by atoms with van der Waals surface area (Å²) in [6.45, 7) is 1.05. The van der Waals surface area contributed by atoms with Gasteiger partial charge in [0.2, 0.25) is 0 Å². The van der Waals surface area contributed by atoms with Crippen molar-refractivity contribution < 1.29 is 0 Å². The Bertz CT molecular complexity index is 254. The summed E-state index contributed by atoms with van der Waals surface area (Å²) in [7, 11) is 0. The third kappa shape index (κ3) is 2.11. The van der Waals surface area contributed by atoms with Crippen LogP contribution in [0, 0.1) is 5.92 Å². The minimum Gasteiger partial charge on any atom is -0.370 e. The molecular formula is C9H11ClN2. The van der Waals surface area contributed by atoms with E-state index in [1.807, 2.05) is 12.1 Å². The highest BCUT2D eigenvalue weighted by Gasteiger charge is 2.20. The van der Waals surface area contributed by atoms with E-state index in [9.17, 15) is 0 Å². The van der Waals surface area contributed by atoms with Crippen molar-refractivity contribution in [1.82, 2.24) is 4.98 Å². The molecule has 3 heteroatoms. The molecule has 1 heterocycles. The second-order valence-corrected chi connectivity index (χ2v) is 3.62. The molecule has 1 N–H and O–H groups in total. The lowest BCUT2D eigenvalue weighted by atomic mass is 10.4. The number of anilines is 1. The van der Waals surface area contributed by atoms with Crippen molar-refractivity contribution in [1.29, 1.82) is 0 Å². The molecule has 64 valence electrons. The lowest BCUT2D eigenvalue weighted by Crippen LogP contribution is -2.04. The van der Waals surface area contributed by atoms with Gasteiger partial charge in [-0.2, -0.15) is 0 Å². The van der Waals surface area contributed by atoms with Crippen molar-refractivity contribution in [3.05, 3.63) is 23.4 Å². The average Bonchev–Trinajstić information content (AvgIpc) is 2.87. The van der Waals surface area contributed by atoms with Gasteiger partial charge in [0.05, 0.1) is 5.02 Å². The first-order valence-electron chi connectivity index (χ1n) is 4.20. The molecule has 1 aliphatic rings. The Hall–Kier alpha value is -0.760. The molecule has 0 unspecified atom stereocenters. The molecule has 1 fully saturated rings. The van der Waals surface area contributed by atoms with E-state index in [0.29, 0.717) is 5.02 Å². The molecule has 1 saturated carbocycles. The molecule has 0 spiro atoms. The Morgan fingerprint density at radius 3 is 2.92 bits per heavy atom. The maximum atomic E-state index is 5.70. The highest BCUT2D eigenvalue weighted by Crippen LogP contribution is 2.28. The van der Waals surface area contributed by atoms with Gasteiger partial charge >= 0.3 is 0 Å². The number of aromatic nitrogens is 1. The van der Waals surface area contributed by atoms with Gasteiger partial charge in [-0.3, -0.25) is 0 Å². The highest BCUT2D eigenvalue weighted by molar-refractivity contribution is 6.30. The van der Waals surface area contributed by atoms with Gasteiger partial charge in [-0.15, -0.1) is 0 Å². The number of hydrogen-bond donors (Lipinski definition) is 1. The Balaban J connectivity index is 1.89. The van der Waals surface area contributed by atoms with Crippen LogP contribution < -0.4 is 5.32 Å². The van der Waals surface area contributed by atoms with Gasteiger partial charge < -0.3 is 5.32 Å². The molecule has 0 saturated heterocycles. The van der Waals surface area contributed by atoms with Crippen molar-refractivity contribution in [2.45, 2.75) is 12.8 Å². The molecule has 0 bridgehead atoms. The Morgan fingerprint density at radius 2 is 2.33 bits per heavy atom. The van der Waals surface area contributed by atoms with E-state index in [-0.39, 0.29) is 0 Å². The van der Waals surface area contributed by atoms with Crippen molar-refractivity contribution >= 4 is 17.4 Å². The monoisotopic (exact) mass is 182 g/mol. The summed E-state index contributed by atoms with van der Waals surface area (Å²) in [5.41, 5.74) is 0. The van der Waals surface area contributed by atoms with Crippen LogP contribution in [-0.2, 0) is 0 Å². The SMILES string of the molecule is Clc1ccc(NCC2CC2)nc1. The van der Waals surface area contributed by atoms with Crippen molar-refractivity contribution in [2.75, 3.05) is 11.9 Å². The predicted octanol–water partition coefficient (Wildman–Crippen LogP) is 2.56. The molecule has 2 nitrogen and oxygen atoms in total. The summed E-state index contributed by atoms with van der Waals surface area (Å²) in [6, 6.07) is 3.76. The number of pyridine rings is 1. The fourth-order valence-electron chi connectivity index (χ4n) is 1.05. The van der Waals surface area contributed by atoms with Crippen molar-refractivity contribution in [2.24, 2.45) is 5.92 Å². The molecule has 0 aliphatic heterocycles. The van der Waals surface area contributed by atoms with E-state index >= 15 is 0 Å². The van der Waals surface area contributed by atoms with Crippen LogP contribution in [0.3, 0.4) is 0 Å². The zero-order valence-electron chi connectivity index (χ0n) is 6.76. The summed E-state index contributed by atoms with van der Waals surface area (Å²) in [5.74, 6) is 1.80. The fraction of sp³-hybridized carbons (Fsp3) is 0.444. The van der Waals surface area contributed by atoms with Gasteiger partial charge in [-0.05, 0) is 30.9 Å². The average molecular weight is 183 g/mol. The van der Waals surface area contributed by atoms with Crippen LogP contribution in [0.15, 0.2) is 18.3 Å². The van der Waals surface area contributed by atoms with E-state index in [0.717, 1.165) is 18.3 Å². The van der Waals surface area contributed by atoms with E-state index in [1.54, 1.807) is 6.20 Å². The standard InChI is InChI=1S/C9H11ClN2/c10-8-3-4-9(12-6-8)11-5-7-1-2-7/h3-4,6-7H,1-2,5H2,(H,11,12). The van der Waals surface area contributed by atoms with Crippen LogP contribution >= 0.6 is 11.6 Å². The van der Waals surface area contributed by atoms with Gasteiger partial charge in [0.25, 0.3) is 0 Å². The maximum Gasteiger partial charge on any atom is 0.125 e. The van der Waals surface area contributed by atoms with E-state index in [4.69, 9.17) is 11.6 Å². The summed E-state index contributed by atoms with van der Waals surface area (Å²) < 4.78 is 0. The normalized spacial score (nSPS) is 16.1. The minimum absolute atomic E-state index is 0.687. The van der Waals surface area contributed by atoms with Crippen LogP contribution in [0.2, 0.25) is 5.02 Å². The first-order valence-corrected chi connectivity index (χ1v) is 4.58. The maximum absolute atomic E-state index is 5.70. The van der Waals surface area contributed by atoms with Crippen LogP contribution in [0.1, 0.15) is 12.8 Å². The summed E-state index contributed by atoms with van der Waals surface area (Å²) in [6.07, 6.45) is 4.39. The van der Waals surface area contributed by atoms with E-state index in [1.165, 1.54) is 12.8 Å². The van der Waals surface area contributed by atoms with Crippen molar-refractivity contribution in [3.63, 3.8) is 0 Å². The molecule has 0 aromatic carbocycles. The minimum atomic E-state index is 0.687. The summed E-state index contributed by atoms with van der Waals surface area (Å²) in [5, 5.41) is 3.95. The third-order valence-electron chi connectivity index (χ3n) is 2.00. The second-order valence-electron chi connectivity index (χ2n) is 3.19. The third-order valence-corrected chi connectivity index (χ3v) is 2.22. The Morgan fingerprint density at radius 1 is 1.50 bits per heavy atom. The topological polar surface area (TPSA) is 24.9 Å². The molecule has 0 amide bonds. The quantitative estimate of drug-likeness (QED) is 0.777. The highest BCUT2D eigenvalue weighted by atomic mass is 35.5. The predicted molar refractivity (Wildman–Crippen MR) is 50.5 cm³/mol.